The van der Waals surface area contributed by atoms with Crippen molar-refractivity contribution in [2.45, 2.75) is 68.9 Å². The fraction of sp³-hybridized carbons (Fsp3) is 0.480. The van der Waals surface area contributed by atoms with Crippen molar-refractivity contribution in [1.82, 2.24) is 4.90 Å². The standard InChI is InChI=1S/C25H33NO5SSi/c1-24(2,3)33(5,6)30-22-21(32-31-29-19-15-11-8-12-16-19)23(27)26-20(17-28-25(22,26)4)18-13-9-7-10-14-18/h7-16,20-22H,17H2,1-6H3/t20?,21-,22+,25-/m0/s1. The number of hydrogen-bond donors (Lipinski definition) is 0. The monoisotopic (exact) mass is 487 g/mol. The van der Waals surface area contributed by atoms with Crippen LogP contribution in [0.1, 0.15) is 39.3 Å². The highest BCUT2D eigenvalue weighted by molar-refractivity contribution is 7.96. The van der Waals surface area contributed by atoms with E-state index in [0.29, 0.717) is 12.4 Å². The molecule has 2 aliphatic rings. The molecule has 0 N–H and O–H groups in total. The van der Waals surface area contributed by atoms with Crippen molar-refractivity contribution < 1.29 is 23.2 Å². The average molecular weight is 488 g/mol. The molecule has 0 spiro atoms. The minimum absolute atomic E-state index is 0.0200. The zero-order valence-corrected chi connectivity index (χ0v) is 21.9. The molecule has 0 aliphatic carbocycles. The van der Waals surface area contributed by atoms with Gasteiger partial charge in [0.25, 0.3) is 0 Å². The number of ether oxygens (including phenoxy) is 1. The van der Waals surface area contributed by atoms with Crippen LogP contribution in [0.3, 0.4) is 0 Å². The molecular weight excluding hydrogens is 454 g/mol. The van der Waals surface area contributed by atoms with E-state index in [2.05, 4.69) is 33.9 Å². The van der Waals surface area contributed by atoms with Crippen LogP contribution in [0.2, 0.25) is 18.1 Å². The van der Waals surface area contributed by atoms with E-state index in [1.165, 1.54) is 0 Å². The highest BCUT2D eigenvalue weighted by Gasteiger charge is 2.65. The second kappa shape index (κ2) is 9.07. The Hall–Kier alpha value is -1.84. The molecule has 0 radical (unpaired) electrons. The van der Waals surface area contributed by atoms with E-state index in [0.717, 1.165) is 17.6 Å². The van der Waals surface area contributed by atoms with Crippen LogP contribution < -0.4 is 4.89 Å². The molecule has 1 unspecified atom stereocenters. The van der Waals surface area contributed by atoms with Gasteiger partial charge >= 0.3 is 0 Å². The first-order valence-electron chi connectivity index (χ1n) is 11.3. The molecule has 2 aromatic rings. The summed E-state index contributed by atoms with van der Waals surface area (Å²) in [5, 5.41) is -0.632. The van der Waals surface area contributed by atoms with Gasteiger partial charge in [-0.3, -0.25) is 4.79 Å². The Kier molecular flexibility index (Phi) is 6.68. The van der Waals surface area contributed by atoms with Gasteiger partial charge < -0.3 is 19.0 Å². The first-order valence-corrected chi connectivity index (χ1v) is 15.0. The van der Waals surface area contributed by atoms with Crippen LogP contribution in [0.5, 0.6) is 5.75 Å². The zero-order chi connectivity index (χ0) is 23.9. The molecule has 2 saturated heterocycles. The molecule has 0 saturated carbocycles. The van der Waals surface area contributed by atoms with Gasteiger partial charge in [-0.05, 0) is 42.8 Å². The molecule has 2 heterocycles. The fourth-order valence-corrected chi connectivity index (χ4v) is 6.34. The van der Waals surface area contributed by atoms with Crippen LogP contribution >= 0.6 is 12.0 Å². The number of carbonyl (C=O) groups excluding carboxylic acids is 1. The van der Waals surface area contributed by atoms with Crippen molar-refractivity contribution in [2.75, 3.05) is 6.61 Å². The van der Waals surface area contributed by atoms with E-state index in [9.17, 15) is 4.79 Å². The molecule has 8 heteroatoms. The van der Waals surface area contributed by atoms with E-state index in [-0.39, 0.29) is 17.0 Å². The van der Waals surface area contributed by atoms with Crippen LogP contribution in [-0.2, 0) is 18.3 Å². The lowest BCUT2D eigenvalue weighted by Crippen LogP contribution is -2.54. The Morgan fingerprint density at radius 3 is 2.27 bits per heavy atom. The summed E-state index contributed by atoms with van der Waals surface area (Å²) in [5.74, 6) is 0.511. The Morgan fingerprint density at radius 1 is 1.06 bits per heavy atom. The minimum atomic E-state index is -2.22. The molecule has 6 nitrogen and oxygen atoms in total. The smallest absolute Gasteiger partial charge is 0.243 e. The molecule has 2 aromatic carbocycles. The molecule has 0 aromatic heterocycles. The van der Waals surface area contributed by atoms with Crippen LogP contribution in [0.15, 0.2) is 60.7 Å². The second-order valence-corrected chi connectivity index (χ2v) is 15.9. The number of benzene rings is 2. The maximum absolute atomic E-state index is 13.8. The highest BCUT2D eigenvalue weighted by Crippen LogP contribution is 2.51. The van der Waals surface area contributed by atoms with Gasteiger partial charge in [0.2, 0.25) is 5.91 Å². The van der Waals surface area contributed by atoms with Gasteiger partial charge in [-0.25, -0.2) is 0 Å². The van der Waals surface area contributed by atoms with Gasteiger partial charge in [0, 0.05) is 0 Å². The van der Waals surface area contributed by atoms with Gasteiger partial charge in [0.05, 0.1) is 24.7 Å². The van der Waals surface area contributed by atoms with Crippen LogP contribution in [-0.4, -0.2) is 42.8 Å². The number of nitrogens with zero attached hydrogens (tertiary/aromatic N) is 1. The first kappa shape index (κ1) is 24.3. The van der Waals surface area contributed by atoms with Crippen molar-refractivity contribution in [2.24, 2.45) is 0 Å². The predicted molar refractivity (Wildman–Crippen MR) is 132 cm³/mol. The van der Waals surface area contributed by atoms with Crippen molar-refractivity contribution in [3.05, 3.63) is 66.2 Å². The number of para-hydroxylation sites is 1. The Labute approximate surface area is 201 Å². The molecule has 4 atom stereocenters. The van der Waals surface area contributed by atoms with Crippen molar-refractivity contribution in [3.8, 4) is 5.75 Å². The lowest BCUT2D eigenvalue weighted by Gasteiger charge is -2.42. The van der Waals surface area contributed by atoms with E-state index >= 15 is 0 Å². The molecule has 2 aliphatic heterocycles. The average Bonchev–Trinajstić information content (AvgIpc) is 3.22. The Morgan fingerprint density at radius 2 is 1.67 bits per heavy atom. The SMILES string of the molecule is CC(C)(C)[Si](C)(C)O[C@@H]1[C@H](SOOc2ccccc2)C(=O)N2C(c3ccccc3)CO[C@@]12C. The maximum Gasteiger partial charge on any atom is 0.243 e. The van der Waals surface area contributed by atoms with Crippen LogP contribution in [0.25, 0.3) is 0 Å². The van der Waals surface area contributed by atoms with E-state index < -0.39 is 25.4 Å². The fourth-order valence-electron chi connectivity index (χ4n) is 4.09. The van der Waals surface area contributed by atoms with Crippen molar-refractivity contribution >= 4 is 26.3 Å². The lowest BCUT2D eigenvalue weighted by atomic mass is 10.1. The zero-order valence-electron chi connectivity index (χ0n) is 20.1. The van der Waals surface area contributed by atoms with Gasteiger partial charge in [-0.2, -0.15) is 0 Å². The third-order valence-corrected chi connectivity index (χ3v) is 12.3. The second-order valence-electron chi connectivity index (χ2n) is 10.3. The van der Waals surface area contributed by atoms with Gasteiger partial charge in [-0.1, -0.05) is 69.3 Å². The lowest BCUT2D eigenvalue weighted by molar-refractivity contribution is -0.141. The summed E-state index contributed by atoms with van der Waals surface area (Å²) >= 11 is 1.00. The summed E-state index contributed by atoms with van der Waals surface area (Å²) in [7, 11) is -2.22. The quantitative estimate of drug-likeness (QED) is 0.215. The molecular formula is C25H33NO5SSi. The van der Waals surface area contributed by atoms with Crippen LogP contribution in [0.4, 0.5) is 0 Å². The van der Waals surface area contributed by atoms with E-state index in [1.54, 1.807) is 12.1 Å². The summed E-state index contributed by atoms with van der Waals surface area (Å²) < 4.78 is 18.7. The molecule has 0 bridgehead atoms. The summed E-state index contributed by atoms with van der Waals surface area (Å²) in [4.78, 5) is 21.1. The number of hydrogen-bond acceptors (Lipinski definition) is 6. The molecule has 2 fully saturated rings. The van der Waals surface area contributed by atoms with Gasteiger partial charge in [-0.15, -0.1) is 4.33 Å². The normalized spacial score (nSPS) is 27.6. The van der Waals surface area contributed by atoms with Gasteiger partial charge in [0.15, 0.2) is 19.8 Å². The largest absolute Gasteiger partial charge is 0.407 e. The summed E-state index contributed by atoms with van der Waals surface area (Å²) in [6.07, 6.45) is -0.496. The predicted octanol–water partition coefficient (Wildman–Crippen LogP) is 5.73. The number of fused-ring (bicyclic) bond motifs is 1. The van der Waals surface area contributed by atoms with E-state index in [1.807, 2.05) is 60.4 Å². The van der Waals surface area contributed by atoms with Gasteiger partial charge in [0.1, 0.15) is 11.4 Å². The number of amides is 1. The molecule has 178 valence electrons. The molecule has 4 rings (SSSR count). The third kappa shape index (κ3) is 4.59. The third-order valence-electron chi connectivity index (χ3n) is 7.04. The molecule has 1 amide bonds. The highest BCUT2D eigenvalue weighted by atomic mass is 32.2. The number of carbonyl (C=O) groups is 1. The maximum atomic E-state index is 13.8. The minimum Gasteiger partial charge on any atom is -0.407 e. The van der Waals surface area contributed by atoms with E-state index in [4.69, 9.17) is 18.4 Å². The summed E-state index contributed by atoms with van der Waals surface area (Å²) in [6, 6.07) is 19.1. The summed E-state index contributed by atoms with van der Waals surface area (Å²) in [5.41, 5.74) is 0.161. The number of rotatable bonds is 7. The Balaban J connectivity index is 1.62. The van der Waals surface area contributed by atoms with Crippen molar-refractivity contribution in [3.63, 3.8) is 0 Å². The molecule has 33 heavy (non-hydrogen) atoms. The Bertz CT molecular complexity index is 968. The van der Waals surface area contributed by atoms with Crippen LogP contribution in [0, 0.1) is 0 Å². The first-order chi connectivity index (χ1) is 15.5. The topological polar surface area (TPSA) is 57.2 Å². The van der Waals surface area contributed by atoms with Crippen molar-refractivity contribution in [1.29, 1.82) is 0 Å². The summed E-state index contributed by atoms with van der Waals surface area (Å²) in [6.45, 7) is 13.3.